The van der Waals surface area contributed by atoms with E-state index in [0.29, 0.717) is 16.7 Å². The van der Waals surface area contributed by atoms with Crippen LogP contribution in [-0.4, -0.2) is 32.0 Å². The topological polar surface area (TPSA) is 93.3 Å². The lowest BCUT2D eigenvalue weighted by atomic mass is 10.2. The largest absolute Gasteiger partial charge is 0.497 e. The molecule has 7 heteroatoms. The molecule has 0 saturated heterocycles. The number of fused-ring (bicyclic) bond motifs is 1. The van der Waals surface area contributed by atoms with Gasteiger partial charge in [0.1, 0.15) is 16.4 Å². The molecule has 1 heterocycles. The molecule has 6 nitrogen and oxygen atoms in total. The van der Waals surface area contributed by atoms with Gasteiger partial charge in [-0.05, 0) is 41.3 Å². The van der Waals surface area contributed by atoms with Gasteiger partial charge in [0.25, 0.3) is 5.56 Å². The Balaban J connectivity index is 1.81. The van der Waals surface area contributed by atoms with Gasteiger partial charge < -0.3 is 9.72 Å². The van der Waals surface area contributed by atoms with Crippen LogP contribution in [0.3, 0.4) is 0 Å². The highest BCUT2D eigenvalue weighted by Crippen LogP contribution is 2.15. The van der Waals surface area contributed by atoms with E-state index in [4.69, 9.17) is 4.74 Å². The summed E-state index contributed by atoms with van der Waals surface area (Å²) in [5.41, 5.74) is 0.526. The minimum absolute atomic E-state index is 0.410. The molecular weight excluding hydrogens is 366 g/mol. The Morgan fingerprint density at radius 1 is 1.11 bits per heavy atom. The van der Waals surface area contributed by atoms with Crippen molar-refractivity contribution in [1.82, 2.24) is 4.98 Å². The summed E-state index contributed by atoms with van der Waals surface area (Å²) in [7, 11) is -2.51. The fourth-order valence-electron chi connectivity index (χ4n) is 2.58. The number of allylic oxidation sites excluding steroid dienone is 1. The summed E-state index contributed by atoms with van der Waals surface area (Å²) < 4.78 is 30.1. The molecule has 138 valence electrons. The highest BCUT2D eigenvalue weighted by Gasteiger charge is 2.22. The number of para-hydroxylation sites is 1. The Kier molecular flexibility index (Phi) is 5.23. The van der Waals surface area contributed by atoms with Crippen LogP contribution in [0.4, 0.5) is 0 Å². The molecule has 2 aromatic carbocycles. The number of methoxy groups -OCH3 is 1. The zero-order chi connectivity index (χ0) is 19.4. The van der Waals surface area contributed by atoms with E-state index < -0.39 is 31.8 Å². The van der Waals surface area contributed by atoms with Gasteiger partial charge in [0, 0.05) is 5.52 Å². The molecule has 0 aliphatic carbocycles. The summed E-state index contributed by atoms with van der Waals surface area (Å²) in [6.07, 6.45) is 2.70. The first kappa shape index (κ1) is 18.6. The molecule has 0 aliphatic heterocycles. The Labute approximate surface area is 156 Å². The van der Waals surface area contributed by atoms with Gasteiger partial charge >= 0.3 is 0 Å². The van der Waals surface area contributed by atoms with Crippen molar-refractivity contribution < 1.29 is 17.9 Å². The molecular formula is C20H17NO5S. The highest BCUT2D eigenvalue weighted by atomic mass is 32.2. The molecule has 0 fully saturated rings. The fourth-order valence-corrected chi connectivity index (χ4v) is 3.84. The summed E-state index contributed by atoms with van der Waals surface area (Å²) in [6, 6.07) is 15.1. The second kappa shape index (κ2) is 7.59. The molecule has 0 aliphatic rings. The van der Waals surface area contributed by atoms with Crippen LogP contribution in [0.1, 0.15) is 5.56 Å². The number of pyridine rings is 1. The first-order chi connectivity index (χ1) is 12.9. The first-order valence-corrected chi connectivity index (χ1v) is 9.74. The molecule has 1 aromatic heterocycles. The van der Waals surface area contributed by atoms with E-state index in [1.165, 1.54) is 18.2 Å². The number of rotatable bonds is 6. The van der Waals surface area contributed by atoms with E-state index in [1.54, 1.807) is 55.6 Å². The third kappa shape index (κ3) is 4.32. The van der Waals surface area contributed by atoms with Crippen LogP contribution in [0, 0.1) is 0 Å². The van der Waals surface area contributed by atoms with Crippen molar-refractivity contribution >= 4 is 32.6 Å². The molecule has 0 saturated carbocycles. The van der Waals surface area contributed by atoms with E-state index in [0.717, 1.165) is 5.56 Å². The maximum Gasteiger partial charge on any atom is 0.267 e. The lowest BCUT2D eigenvalue weighted by Gasteiger charge is -2.04. The maximum absolute atomic E-state index is 12.5. The number of carbonyl (C=O) groups is 1. The molecule has 0 spiro atoms. The van der Waals surface area contributed by atoms with Crippen LogP contribution in [0.2, 0.25) is 0 Å². The third-order valence-corrected chi connectivity index (χ3v) is 5.60. The standard InChI is InChI=1S/C20H17NO5S/c1-26-17-10-7-14(8-11-17)6-9-16(22)13-27(24,25)19-12-15-4-2-3-5-18(15)21-20(19)23/h2-12H,13H2,1H3,(H,21,23)/b9-6-. The first-order valence-electron chi connectivity index (χ1n) is 8.09. The summed E-state index contributed by atoms with van der Waals surface area (Å²) in [4.78, 5) is 26.3. The Morgan fingerprint density at radius 2 is 1.81 bits per heavy atom. The molecule has 3 rings (SSSR count). The molecule has 3 aromatic rings. The van der Waals surface area contributed by atoms with Crippen molar-refractivity contribution in [3.8, 4) is 5.75 Å². The number of sulfone groups is 1. The number of ether oxygens (including phenoxy) is 1. The molecule has 1 N–H and O–H groups in total. The summed E-state index contributed by atoms with van der Waals surface area (Å²) in [5.74, 6) is -0.712. The van der Waals surface area contributed by atoms with E-state index in [1.807, 2.05) is 0 Å². The number of ketones is 1. The maximum atomic E-state index is 12.5. The van der Waals surface area contributed by atoms with Gasteiger partial charge in [-0.25, -0.2) is 8.42 Å². The molecule has 27 heavy (non-hydrogen) atoms. The predicted octanol–water partition coefficient (Wildman–Crippen LogP) is 2.59. The van der Waals surface area contributed by atoms with E-state index in [2.05, 4.69) is 4.98 Å². The average molecular weight is 383 g/mol. The van der Waals surface area contributed by atoms with Crippen LogP contribution in [0.25, 0.3) is 17.0 Å². The van der Waals surface area contributed by atoms with Crippen LogP contribution in [0.5, 0.6) is 5.75 Å². The van der Waals surface area contributed by atoms with Crippen LogP contribution >= 0.6 is 0 Å². The average Bonchev–Trinajstić information content (AvgIpc) is 2.65. The third-order valence-electron chi connectivity index (χ3n) is 3.96. The lowest BCUT2D eigenvalue weighted by molar-refractivity contribution is -0.112. The second-order valence-electron chi connectivity index (χ2n) is 5.88. The van der Waals surface area contributed by atoms with E-state index >= 15 is 0 Å². The minimum atomic E-state index is -4.06. The van der Waals surface area contributed by atoms with Gasteiger partial charge in [-0.15, -0.1) is 0 Å². The molecule has 0 radical (unpaired) electrons. The zero-order valence-corrected chi connectivity index (χ0v) is 15.3. The number of benzene rings is 2. The quantitative estimate of drug-likeness (QED) is 0.661. The van der Waals surface area contributed by atoms with Gasteiger partial charge in [-0.2, -0.15) is 0 Å². The number of hydrogen-bond donors (Lipinski definition) is 1. The number of hydrogen-bond acceptors (Lipinski definition) is 5. The van der Waals surface area contributed by atoms with Gasteiger partial charge in [0.05, 0.1) is 7.11 Å². The van der Waals surface area contributed by atoms with E-state index in [-0.39, 0.29) is 0 Å². The van der Waals surface area contributed by atoms with Crippen molar-refractivity contribution in [2.45, 2.75) is 4.90 Å². The van der Waals surface area contributed by atoms with E-state index in [9.17, 15) is 18.0 Å². The van der Waals surface area contributed by atoms with Crippen molar-refractivity contribution in [3.05, 3.63) is 76.6 Å². The van der Waals surface area contributed by atoms with Crippen LogP contribution < -0.4 is 10.3 Å². The Bertz CT molecular complexity index is 1170. The molecule has 0 bridgehead atoms. The van der Waals surface area contributed by atoms with Gasteiger partial charge in [0.15, 0.2) is 15.6 Å². The van der Waals surface area contributed by atoms with Gasteiger partial charge in [-0.1, -0.05) is 36.4 Å². The molecule has 0 unspecified atom stereocenters. The number of aromatic amines is 1. The minimum Gasteiger partial charge on any atom is -0.497 e. The zero-order valence-electron chi connectivity index (χ0n) is 14.5. The van der Waals surface area contributed by atoms with Gasteiger partial charge in [0.2, 0.25) is 0 Å². The summed E-state index contributed by atoms with van der Waals surface area (Å²) in [5, 5.41) is 0.580. The molecule has 0 atom stereocenters. The van der Waals surface area contributed by atoms with Crippen molar-refractivity contribution in [3.63, 3.8) is 0 Å². The fraction of sp³-hybridized carbons (Fsp3) is 0.100. The molecule has 0 amide bonds. The monoisotopic (exact) mass is 383 g/mol. The Morgan fingerprint density at radius 3 is 2.52 bits per heavy atom. The normalized spacial score (nSPS) is 11.7. The smallest absolute Gasteiger partial charge is 0.267 e. The van der Waals surface area contributed by atoms with Crippen LogP contribution in [-0.2, 0) is 14.6 Å². The van der Waals surface area contributed by atoms with Gasteiger partial charge in [-0.3, -0.25) is 9.59 Å². The van der Waals surface area contributed by atoms with Crippen LogP contribution in [0.15, 0.2) is 70.4 Å². The van der Waals surface area contributed by atoms with Crippen molar-refractivity contribution in [2.24, 2.45) is 0 Å². The van der Waals surface area contributed by atoms with Crippen molar-refractivity contribution in [2.75, 3.05) is 12.9 Å². The summed E-state index contributed by atoms with van der Waals surface area (Å²) in [6.45, 7) is 0. The second-order valence-corrected chi connectivity index (χ2v) is 7.84. The highest BCUT2D eigenvalue weighted by molar-refractivity contribution is 7.92. The number of nitrogens with one attached hydrogen (secondary N) is 1. The number of H-pyrrole nitrogens is 1. The lowest BCUT2D eigenvalue weighted by Crippen LogP contribution is -2.22. The predicted molar refractivity (Wildman–Crippen MR) is 104 cm³/mol. The number of aromatic nitrogens is 1. The number of carbonyl (C=O) groups excluding carboxylic acids is 1. The van der Waals surface area contributed by atoms with Crippen molar-refractivity contribution in [1.29, 1.82) is 0 Å². The SMILES string of the molecule is COc1ccc(/C=C\C(=O)CS(=O)(=O)c2cc3ccccc3[nH]c2=O)cc1. The Hall–Kier alpha value is -3.19. The summed E-state index contributed by atoms with van der Waals surface area (Å²) >= 11 is 0.